The van der Waals surface area contributed by atoms with E-state index in [4.69, 9.17) is 18.9 Å². The lowest BCUT2D eigenvalue weighted by Gasteiger charge is -2.29. The van der Waals surface area contributed by atoms with Crippen molar-refractivity contribution in [3.05, 3.63) is 179 Å². The number of carboxylic acids is 1. The van der Waals surface area contributed by atoms with Crippen LogP contribution in [0.25, 0.3) is 0 Å². The minimum atomic E-state index is -4.45. The van der Waals surface area contributed by atoms with Crippen molar-refractivity contribution in [2.24, 2.45) is 0 Å². The first-order valence-electron chi connectivity index (χ1n) is 23.9. The smallest absolute Gasteiger partial charge is 0.416 e. The normalized spacial score (nSPS) is 13.3. The number of amides is 3. The van der Waals surface area contributed by atoms with E-state index in [2.05, 4.69) is 5.32 Å². The fourth-order valence-corrected chi connectivity index (χ4v) is 8.68. The van der Waals surface area contributed by atoms with E-state index in [9.17, 15) is 50.6 Å². The van der Waals surface area contributed by atoms with Crippen molar-refractivity contribution in [1.29, 1.82) is 0 Å². The average molecular weight is 1040 g/mol. The number of ether oxygens (including phenoxy) is 4. The Morgan fingerprint density at radius 2 is 0.907 bits per heavy atom. The van der Waals surface area contributed by atoms with Gasteiger partial charge in [0, 0.05) is 42.6 Å². The number of nitrogens with one attached hydrogen (secondary N) is 1. The fraction of sp³-hybridized carbons (Fsp3) is 0.298. The summed E-state index contributed by atoms with van der Waals surface area (Å²) >= 11 is 0. The van der Waals surface area contributed by atoms with Gasteiger partial charge in [-0.1, -0.05) is 97.8 Å². The molecule has 1 saturated carbocycles. The third-order valence-corrected chi connectivity index (χ3v) is 12.7. The Morgan fingerprint density at radius 3 is 1.27 bits per heavy atom. The first kappa shape index (κ1) is 56.3. The number of carboxylic acid groups (broad SMARTS) is 1. The number of hydrogen-bond acceptors (Lipinski definition) is 8. The molecule has 3 amide bonds. The zero-order chi connectivity index (χ0) is 54.3. The maximum atomic E-state index is 14.3. The van der Waals surface area contributed by atoms with E-state index in [0.717, 1.165) is 49.9 Å². The zero-order valence-corrected chi connectivity index (χ0v) is 41.6. The van der Waals surface area contributed by atoms with Gasteiger partial charge in [-0.15, -0.1) is 0 Å². The molecule has 6 aromatic rings. The van der Waals surface area contributed by atoms with E-state index in [1.807, 2.05) is 6.07 Å². The Hall–Kier alpha value is -8.02. The van der Waals surface area contributed by atoms with Gasteiger partial charge in [0.25, 0.3) is 0 Å². The number of aliphatic carboxylic acids is 1. The topological polar surface area (TPSA) is 144 Å². The SMILES string of the molecule is COc1ccc(N(CCc2ccc(C(F)(F)F)cc2)C(=O)C(C(=O)NC2CCCC2)c2ccccc2)cc1OC.COc1ccc(N(CCc2ccc(C(F)(F)F)cc2)C(=O)C(C(=O)O)c2ccccc2)cc1OC. The summed E-state index contributed by atoms with van der Waals surface area (Å²) in [5.41, 5.74) is 1.38. The van der Waals surface area contributed by atoms with Gasteiger partial charge in [-0.3, -0.25) is 19.2 Å². The number of anilines is 2. The van der Waals surface area contributed by atoms with Crippen LogP contribution < -0.4 is 34.1 Å². The molecule has 2 N–H and O–H groups in total. The van der Waals surface area contributed by atoms with E-state index in [1.54, 1.807) is 91.0 Å². The summed E-state index contributed by atoms with van der Waals surface area (Å²) in [6.45, 7) is 0.149. The molecule has 7 rings (SSSR count). The molecule has 1 fully saturated rings. The molecule has 0 bridgehead atoms. The maximum Gasteiger partial charge on any atom is 0.416 e. The molecule has 1 aliphatic rings. The van der Waals surface area contributed by atoms with Crippen molar-refractivity contribution in [2.75, 3.05) is 51.3 Å². The number of hydrogen-bond donors (Lipinski definition) is 2. The highest BCUT2D eigenvalue weighted by molar-refractivity contribution is 6.12. The molecule has 12 nitrogen and oxygen atoms in total. The van der Waals surface area contributed by atoms with Gasteiger partial charge in [-0.05, 0) is 96.5 Å². The van der Waals surface area contributed by atoms with Crippen molar-refractivity contribution < 1.29 is 69.6 Å². The van der Waals surface area contributed by atoms with E-state index in [0.29, 0.717) is 56.6 Å². The molecule has 2 atom stereocenters. The van der Waals surface area contributed by atoms with Gasteiger partial charge >= 0.3 is 18.3 Å². The zero-order valence-electron chi connectivity index (χ0n) is 41.6. The minimum absolute atomic E-state index is 0.0215. The van der Waals surface area contributed by atoms with Crippen LogP contribution in [0.4, 0.5) is 37.7 Å². The van der Waals surface area contributed by atoms with Crippen LogP contribution in [-0.4, -0.2) is 76.4 Å². The molecule has 396 valence electrons. The number of rotatable bonds is 19. The van der Waals surface area contributed by atoms with Crippen molar-refractivity contribution in [2.45, 2.75) is 68.8 Å². The summed E-state index contributed by atoms with van der Waals surface area (Å²) < 4.78 is 99.2. The summed E-state index contributed by atoms with van der Waals surface area (Å²) in [4.78, 5) is 56.3. The highest BCUT2D eigenvalue weighted by Crippen LogP contribution is 2.36. The highest BCUT2D eigenvalue weighted by atomic mass is 19.4. The quantitative estimate of drug-likeness (QED) is 0.0598. The molecule has 2 unspecified atom stereocenters. The summed E-state index contributed by atoms with van der Waals surface area (Å²) in [7, 11) is 5.88. The molecule has 0 spiro atoms. The number of halogens is 6. The third kappa shape index (κ3) is 14.8. The van der Waals surface area contributed by atoms with Crippen LogP contribution in [0.3, 0.4) is 0 Å². The largest absolute Gasteiger partial charge is 0.493 e. The van der Waals surface area contributed by atoms with Gasteiger partial charge in [0.05, 0.1) is 39.6 Å². The molecule has 6 aromatic carbocycles. The number of benzene rings is 6. The second kappa shape index (κ2) is 25.8. The predicted molar refractivity (Wildman–Crippen MR) is 270 cm³/mol. The summed E-state index contributed by atoms with van der Waals surface area (Å²) in [6, 6.07) is 36.2. The average Bonchev–Trinajstić information content (AvgIpc) is 3.92. The lowest BCUT2D eigenvalue weighted by atomic mass is 9.95. The first-order valence-corrected chi connectivity index (χ1v) is 23.9. The van der Waals surface area contributed by atoms with Gasteiger partial charge < -0.3 is 39.2 Å². The van der Waals surface area contributed by atoms with Crippen molar-refractivity contribution in [3.8, 4) is 23.0 Å². The van der Waals surface area contributed by atoms with Gasteiger partial charge in [-0.25, -0.2) is 0 Å². The van der Waals surface area contributed by atoms with Gasteiger partial charge in [0.15, 0.2) is 28.9 Å². The minimum Gasteiger partial charge on any atom is -0.493 e. The first-order chi connectivity index (χ1) is 35.9. The van der Waals surface area contributed by atoms with Crippen LogP contribution in [0.15, 0.2) is 146 Å². The molecule has 1 aliphatic carbocycles. The summed E-state index contributed by atoms with van der Waals surface area (Å²) in [6.07, 6.45) is -4.63. The Labute approximate surface area is 430 Å². The monoisotopic (exact) mass is 1040 g/mol. The predicted octanol–water partition coefficient (Wildman–Crippen LogP) is 11.3. The lowest BCUT2D eigenvalue weighted by Crippen LogP contribution is -2.45. The number of carbonyl (C=O) groups excluding carboxylic acids is 3. The molecule has 0 heterocycles. The Morgan fingerprint density at radius 1 is 0.533 bits per heavy atom. The molecule has 18 heteroatoms. The molecular weight excluding hydrogens is 985 g/mol. The fourth-order valence-electron chi connectivity index (χ4n) is 8.68. The van der Waals surface area contributed by atoms with E-state index in [-0.39, 0.29) is 37.9 Å². The van der Waals surface area contributed by atoms with E-state index < -0.39 is 53.1 Å². The molecule has 0 aromatic heterocycles. The van der Waals surface area contributed by atoms with Crippen LogP contribution in [0.1, 0.15) is 70.9 Å². The van der Waals surface area contributed by atoms with Crippen LogP contribution in [-0.2, 0) is 44.4 Å². The van der Waals surface area contributed by atoms with E-state index >= 15 is 0 Å². The standard InChI is InChI=1S/C31H33F3N2O4.C26H24F3NO5/c1-39-26-17-16-25(20-27(26)40-2)36(19-18-21-12-14-23(15-13-21)31(32,33)34)30(38)28(22-8-4-3-5-9-22)29(37)35-24-10-6-7-11-24;1-34-21-13-12-20(16-22(21)35-2)30(15-14-17-8-10-19(11-9-17)26(27,28)29)24(31)23(25(32)33)18-6-4-3-5-7-18/h3-5,8-9,12-17,20,24,28H,6-7,10-11,18-19H2,1-2H3,(H,35,37);3-13,16,23H,14-15H2,1-2H3,(H,32,33). The van der Waals surface area contributed by atoms with Crippen LogP contribution in [0, 0.1) is 0 Å². The maximum absolute atomic E-state index is 14.3. The van der Waals surface area contributed by atoms with Gasteiger partial charge in [-0.2, -0.15) is 26.3 Å². The van der Waals surface area contributed by atoms with Crippen molar-refractivity contribution >= 4 is 35.1 Å². The second-order valence-electron chi connectivity index (χ2n) is 17.5. The Balaban J connectivity index is 0.000000246. The van der Waals surface area contributed by atoms with Gasteiger partial charge in [0.1, 0.15) is 5.92 Å². The van der Waals surface area contributed by atoms with Gasteiger partial charge in [0.2, 0.25) is 17.7 Å². The van der Waals surface area contributed by atoms with Crippen LogP contribution in [0.5, 0.6) is 23.0 Å². The molecule has 0 aliphatic heterocycles. The molecule has 75 heavy (non-hydrogen) atoms. The summed E-state index contributed by atoms with van der Waals surface area (Å²) in [5.74, 6) is -3.78. The second-order valence-corrected chi connectivity index (χ2v) is 17.5. The number of nitrogens with zero attached hydrogens (tertiary/aromatic N) is 2. The Kier molecular flexibility index (Phi) is 19.3. The third-order valence-electron chi connectivity index (χ3n) is 12.7. The lowest BCUT2D eigenvalue weighted by molar-refractivity contribution is -0.143. The van der Waals surface area contributed by atoms with Crippen LogP contribution >= 0.6 is 0 Å². The summed E-state index contributed by atoms with van der Waals surface area (Å²) in [5, 5.41) is 12.9. The Bertz CT molecular complexity index is 2840. The van der Waals surface area contributed by atoms with Crippen LogP contribution in [0.2, 0.25) is 0 Å². The van der Waals surface area contributed by atoms with E-state index in [1.165, 1.54) is 62.5 Å². The molecule has 0 radical (unpaired) electrons. The molecular formula is C57H57F6N3O9. The number of alkyl halides is 6. The highest BCUT2D eigenvalue weighted by Gasteiger charge is 2.37. The number of methoxy groups -OCH3 is 4. The van der Waals surface area contributed by atoms with Crippen molar-refractivity contribution in [1.82, 2.24) is 5.32 Å². The number of carbonyl (C=O) groups is 4. The van der Waals surface area contributed by atoms with Crippen molar-refractivity contribution in [3.63, 3.8) is 0 Å². The molecule has 0 saturated heterocycles.